The number of carbonyl (C=O) groups is 1. The van der Waals surface area contributed by atoms with E-state index in [1.165, 1.54) is 18.5 Å². The molecule has 2 heterocycles. The minimum atomic E-state index is -0.952. The van der Waals surface area contributed by atoms with Gasteiger partial charge in [-0.05, 0) is 29.3 Å². The Balaban J connectivity index is 1.57. The third-order valence-electron chi connectivity index (χ3n) is 3.93. The first kappa shape index (κ1) is 16.9. The minimum absolute atomic E-state index is 0.240. The molecule has 2 aromatic carbocycles. The number of aromatic carboxylic acids is 1. The first-order valence-corrected chi connectivity index (χ1v) is 8.95. The first-order valence-electron chi connectivity index (χ1n) is 8.13. The monoisotopic (exact) mass is 374 g/mol. The van der Waals surface area contributed by atoms with Crippen LogP contribution in [0.1, 0.15) is 15.9 Å². The fraction of sp³-hybridized carbons (Fsp3) is 0. The lowest BCUT2D eigenvalue weighted by Gasteiger charge is -2.00. The molecule has 0 saturated heterocycles. The Hall–Kier alpha value is -3.58. The van der Waals surface area contributed by atoms with Gasteiger partial charge in [0.05, 0.1) is 17.2 Å². The Kier molecular flexibility index (Phi) is 4.59. The van der Waals surface area contributed by atoms with Gasteiger partial charge in [0, 0.05) is 4.88 Å². The Morgan fingerprint density at radius 3 is 2.59 bits per heavy atom. The molecular formula is C20H14N4O2S. The average Bonchev–Trinajstić information content (AvgIpc) is 3.14. The zero-order chi connectivity index (χ0) is 18.6. The largest absolute Gasteiger partial charge is 0.478 e. The molecular weight excluding hydrogens is 360 g/mol. The number of thiophene rings is 1. The van der Waals surface area contributed by atoms with E-state index in [2.05, 4.69) is 38.7 Å². The number of rotatable bonds is 5. The van der Waals surface area contributed by atoms with Crippen molar-refractivity contribution in [3.8, 4) is 10.4 Å². The molecule has 0 amide bonds. The van der Waals surface area contributed by atoms with Gasteiger partial charge in [-0.15, -0.1) is 11.3 Å². The molecule has 7 heteroatoms. The molecule has 27 heavy (non-hydrogen) atoms. The van der Waals surface area contributed by atoms with Crippen LogP contribution in [0, 0.1) is 0 Å². The van der Waals surface area contributed by atoms with Crippen LogP contribution in [0.2, 0.25) is 0 Å². The van der Waals surface area contributed by atoms with Gasteiger partial charge in [-0.3, -0.25) is 5.43 Å². The molecule has 0 radical (unpaired) electrons. The van der Waals surface area contributed by atoms with Gasteiger partial charge in [-0.25, -0.2) is 14.8 Å². The van der Waals surface area contributed by atoms with Crippen LogP contribution in [0.15, 0.2) is 72.1 Å². The van der Waals surface area contributed by atoms with E-state index in [0.717, 1.165) is 26.2 Å². The van der Waals surface area contributed by atoms with Crippen LogP contribution in [-0.2, 0) is 0 Å². The second-order valence-electron chi connectivity index (χ2n) is 5.71. The van der Waals surface area contributed by atoms with Gasteiger partial charge in [0.1, 0.15) is 11.2 Å². The van der Waals surface area contributed by atoms with Crippen LogP contribution in [0.5, 0.6) is 0 Å². The number of anilines is 1. The number of benzene rings is 2. The predicted molar refractivity (Wildman–Crippen MR) is 107 cm³/mol. The van der Waals surface area contributed by atoms with Crippen molar-refractivity contribution in [3.05, 3.63) is 78.1 Å². The Morgan fingerprint density at radius 2 is 1.85 bits per heavy atom. The smallest absolute Gasteiger partial charge is 0.335 e. The van der Waals surface area contributed by atoms with Crippen molar-refractivity contribution in [3.63, 3.8) is 0 Å². The van der Waals surface area contributed by atoms with Gasteiger partial charge in [0.2, 0.25) is 0 Å². The molecule has 0 aliphatic carbocycles. The number of hydrazone groups is 1. The van der Waals surface area contributed by atoms with E-state index in [-0.39, 0.29) is 5.56 Å². The van der Waals surface area contributed by atoms with E-state index in [1.807, 2.05) is 18.2 Å². The summed E-state index contributed by atoms with van der Waals surface area (Å²) in [7, 11) is 0. The van der Waals surface area contributed by atoms with Gasteiger partial charge in [0.15, 0.2) is 5.82 Å². The fourth-order valence-corrected chi connectivity index (χ4v) is 3.57. The highest BCUT2D eigenvalue weighted by molar-refractivity contribution is 7.21. The van der Waals surface area contributed by atoms with Crippen LogP contribution < -0.4 is 5.43 Å². The van der Waals surface area contributed by atoms with E-state index >= 15 is 0 Å². The van der Waals surface area contributed by atoms with Crippen LogP contribution in [0.4, 0.5) is 5.82 Å². The molecule has 6 nitrogen and oxygen atoms in total. The number of fused-ring (bicyclic) bond motifs is 1. The quantitative estimate of drug-likeness (QED) is 0.397. The molecule has 2 aromatic heterocycles. The summed E-state index contributed by atoms with van der Waals surface area (Å²) in [6.45, 7) is 0. The first-order chi connectivity index (χ1) is 13.2. The van der Waals surface area contributed by atoms with E-state index < -0.39 is 5.97 Å². The number of hydrogen-bond acceptors (Lipinski definition) is 6. The SMILES string of the molecule is O=C(O)c1ccc(C=NNc2ncnc3sc(-c4ccccc4)cc23)cc1. The highest BCUT2D eigenvalue weighted by atomic mass is 32.1. The van der Waals surface area contributed by atoms with E-state index in [4.69, 9.17) is 5.11 Å². The zero-order valence-corrected chi connectivity index (χ0v) is 14.9. The summed E-state index contributed by atoms with van der Waals surface area (Å²) >= 11 is 1.60. The van der Waals surface area contributed by atoms with Crippen molar-refractivity contribution >= 4 is 39.6 Å². The topological polar surface area (TPSA) is 87.5 Å². The molecule has 0 unspecified atom stereocenters. The van der Waals surface area contributed by atoms with Crippen LogP contribution in [0.3, 0.4) is 0 Å². The summed E-state index contributed by atoms with van der Waals surface area (Å²) in [5.74, 6) is -0.330. The summed E-state index contributed by atoms with van der Waals surface area (Å²) < 4.78 is 0. The molecule has 0 bridgehead atoms. The van der Waals surface area contributed by atoms with Gasteiger partial charge < -0.3 is 5.11 Å². The Labute approximate surface area is 158 Å². The lowest BCUT2D eigenvalue weighted by molar-refractivity contribution is 0.0697. The zero-order valence-electron chi connectivity index (χ0n) is 14.0. The molecule has 0 fully saturated rings. The van der Waals surface area contributed by atoms with E-state index in [1.54, 1.807) is 29.7 Å². The summed E-state index contributed by atoms with van der Waals surface area (Å²) in [6, 6.07) is 18.6. The Morgan fingerprint density at radius 1 is 1.07 bits per heavy atom. The number of carboxylic acid groups (broad SMARTS) is 1. The summed E-state index contributed by atoms with van der Waals surface area (Å²) in [5.41, 5.74) is 5.11. The molecule has 0 aliphatic heterocycles. The van der Waals surface area contributed by atoms with Gasteiger partial charge in [0.25, 0.3) is 0 Å². The van der Waals surface area contributed by atoms with E-state index in [9.17, 15) is 4.79 Å². The number of hydrogen-bond donors (Lipinski definition) is 2. The lowest BCUT2D eigenvalue weighted by atomic mass is 10.1. The van der Waals surface area contributed by atoms with Gasteiger partial charge in [-0.1, -0.05) is 42.5 Å². The summed E-state index contributed by atoms with van der Waals surface area (Å²) in [4.78, 5) is 21.5. The molecule has 0 saturated carbocycles. The second-order valence-corrected chi connectivity index (χ2v) is 6.75. The van der Waals surface area contributed by atoms with Crippen molar-refractivity contribution in [2.45, 2.75) is 0 Å². The number of aromatic nitrogens is 2. The summed E-state index contributed by atoms with van der Waals surface area (Å²) in [6.07, 6.45) is 3.12. The molecule has 0 atom stereocenters. The van der Waals surface area contributed by atoms with Crippen molar-refractivity contribution in [1.82, 2.24) is 9.97 Å². The normalized spacial score (nSPS) is 11.1. The van der Waals surface area contributed by atoms with Gasteiger partial charge >= 0.3 is 5.97 Å². The molecule has 0 spiro atoms. The lowest BCUT2D eigenvalue weighted by Crippen LogP contribution is -1.97. The molecule has 4 aromatic rings. The maximum Gasteiger partial charge on any atom is 0.335 e. The van der Waals surface area contributed by atoms with Crippen LogP contribution in [0.25, 0.3) is 20.7 Å². The minimum Gasteiger partial charge on any atom is -0.478 e. The van der Waals surface area contributed by atoms with Crippen molar-refractivity contribution in [2.24, 2.45) is 5.10 Å². The predicted octanol–water partition coefficient (Wildman–Crippen LogP) is 4.50. The standard InChI is InChI=1S/C20H14N4O2S/c25-20(26)15-8-6-13(7-9-15)11-23-24-18-16-10-17(14-4-2-1-3-5-14)27-19(16)22-12-21-18/h1-12H,(H,25,26)(H,21,22,24). The third-order valence-corrected chi connectivity index (χ3v) is 5.02. The number of carboxylic acids is 1. The van der Waals surface area contributed by atoms with E-state index in [0.29, 0.717) is 5.82 Å². The molecule has 0 aliphatic rings. The van der Waals surface area contributed by atoms with Gasteiger partial charge in [-0.2, -0.15) is 5.10 Å². The van der Waals surface area contributed by atoms with Crippen molar-refractivity contribution in [1.29, 1.82) is 0 Å². The van der Waals surface area contributed by atoms with Crippen LogP contribution >= 0.6 is 11.3 Å². The van der Waals surface area contributed by atoms with Crippen LogP contribution in [-0.4, -0.2) is 27.3 Å². The molecule has 4 rings (SSSR count). The number of nitrogens with zero attached hydrogens (tertiary/aromatic N) is 3. The molecule has 2 N–H and O–H groups in total. The third kappa shape index (κ3) is 3.68. The summed E-state index contributed by atoms with van der Waals surface area (Å²) in [5, 5.41) is 14.0. The fourth-order valence-electron chi connectivity index (χ4n) is 2.57. The average molecular weight is 374 g/mol. The maximum absolute atomic E-state index is 10.9. The highest BCUT2D eigenvalue weighted by Crippen LogP contribution is 2.34. The Bertz CT molecular complexity index is 1120. The van der Waals surface area contributed by atoms with Crippen molar-refractivity contribution < 1.29 is 9.90 Å². The molecule has 132 valence electrons. The second kappa shape index (κ2) is 7.35. The van der Waals surface area contributed by atoms with Crippen molar-refractivity contribution in [2.75, 3.05) is 5.43 Å². The number of nitrogens with one attached hydrogen (secondary N) is 1. The highest BCUT2D eigenvalue weighted by Gasteiger charge is 2.09. The maximum atomic E-state index is 10.9.